The molecule has 3 aromatic rings. The zero-order valence-electron chi connectivity index (χ0n) is 16.0. The van der Waals surface area contributed by atoms with Gasteiger partial charge in [-0.1, -0.05) is 78.3 Å². The van der Waals surface area contributed by atoms with Gasteiger partial charge in [-0.2, -0.15) is 0 Å². The lowest BCUT2D eigenvalue weighted by molar-refractivity contribution is -0.155. The summed E-state index contributed by atoms with van der Waals surface area (Å²) in [4.78, 5) is 12.0. The molecule has 0 aliphatic heterocycles. The second-order valence-corrected chi connectivity index (χ2v) is 7.45. The van der Waals surface area contributed by atoms with Crippen molar-refractivity contribution in [1.82, 2.24) is 0 Å². The number of carbonyl (C=O) groups excluding carboxylic acids is 1. The Bertz CT molecular complexity index is 928. The molecule has 0 saturated carbocycles. The minimum atomic E-state index is -1.24. The van der Waals surface area contributed by atoms with Crippen molar-refractivity contribution in [2.75, 3.05) is 0 Å². The Morgan fingerprint density at radius 3 is 2.34 bits per heavy atom. The molecule has 0 heterocycles. The highest BCUT2D eigenvalue weighted by Crippen LogP contribution is 2.23. The van der Waals surface area contributed by atoms with Crippen LogP contribution in [0.3, 0.4) is 0 Å². The molecule has 0 spiro atoms. The monoisotopic (exact) mass is 409 g/mol. The van der Waals surface area contributed by atoms with Gasteiger partial charge in [0.2, 0.25) is 0 Å². The number of nitrogens with two attached hydrogens (primary N) is 1. The second kappa shape index (κ2) is 10.2. The van der Waals surface area contributed by atoms with E-state index >= 15 is 0 Å². The Morgan fingerprint density at radius 2 is 1.66 bits per heavy atom. The molecule has 3 N–H and O–H groups in total. The zero-order chi connectivity index (χ0) is 20.6. The number of aliphatic hydroxyl groups excluding tert-OH is 1. The molecule has 1 unspecified atom stereocenters. The first kappa shape index (κ1) is 21.1. The van der Waals surface area contributed by atoms with Crippen LogP contribution < -0.4 is 5.73 Å². The van der Waals surface area contributed by atoms with E-state index in [1.165, 1.54) is 0 Å². The number of halogens is 1. The van der Waals surface area contributed by atoms with Gasteiger partial charge in [0.25, 0.3) is 0 Å². The highest BCUT2D eigenvalue weighted by atomic mass is 35.5. The fourth-order valence-electron chi connectivity index (χ4n) is 3.10. The van der Waals surface area contributed by atoms with Crippen LogP contribution in [0.1, 0.15) is 17.5 Å². The van der Waals surface area contributed by atoms with Crippen molar-refractivity contribution in [3.8, 4) is 11.1 Å². The lowest BCUT2D eigenvalue weighted by Crippen LogP contribution is -2.33. The van der Waals surface area contributed by atoms with Gasteiger partial charge in [-0.3, -0.25) is 0 Å². The van der Waals surface area contributed by atoms with Crippen LogP contribution >= 0.6 is 11.6 Å². The van der Waals surface area contributed by atoms with Crippen molar-refractivity contribution < 1.29 is 14.6 Å². The fourth-order valence-corrected chi connectivity index (χ4v) is 3.29. The zero-order valence-corrected chi connectivity index (χ0v) is 16.8. The molecule has 0 amide bonds. The smallest absolute Gasteiger partial charge is 0.335 e. The van der Waals surface area contributed by atoms with E-state index in [4.69, 9.17) is 22.1 Å². The average Bonchev–Trinajstić information content (AvgIpc) is 2.73. The molecule has 0 radical (unpaired) electrons. The molecule has 0 aliphatic carbocycles. The molecule has 0 fully saturated rings. The first-order valence-corrected chi connectivity index (χ1v) is 9.88. The molecular formula is C24H24ClNO3. The SMILES string of the molecule is N[C@H](Cc1ccc(-c2cccc(Cl)c2)cc1)CC(O)C(=O)OCc1ccccc1. The molecule has 4 nitrogen and oxygen atoms in total. The summed E-state index contributed by atoms with van der Waals surface area (Å²) in [6.45, 7) is 0.136. The Hall–Kier alpha value is -2.66. The third kappa shape index (κ3) is 6.43. The van der Waals surface area contributed by atoms with Crippen molar-refractivity contribution in [2.24, 2.45) is 5.73 Å². The van der Waals surface area contributed by atoms with Crippen molar-refractivity contribution in [3.63, 3.8) is 0 Å². The second-order valence-electron chi connectivity index (χ2n) is 7.02. The van der Waals surface area contributed by atoms with Gasteiger partial charge < -0.3 is 15.6 Å². The summed E-state index contributed by atoms with van der Waals surface area (Å²) < 4.78 is 5.16. The summed E-state index contributed by atoms with van der Waals surface area (Å²) in [7, 11) is 0. The number of carbonyl (C=O) groups is 1. The van der Waals surface area contributed by atoms with Gasteiger partial charge in [-0.25, -0.2) is 4.79 Å². The Kier molecular flexibility index (Phi) is 7.42. The van der Waals surface area contributed by atoms with E-state index in [0.29, 0.717) is 11.4 Å². The molecule has 3 aromatic carbocycles. The van der Waals surface area contributed by atoms with Gasteiger partial charge in [-0.05, 0) is 47.2 Å². The van der Waals surface area contributed by atoms with Crippen molar-refractivity contribution >= 4 is 17.6 Å². The largest absolute Gasteiger partial charge is 0.459 e. The van der Waals surface area contributed by atoms with Crippen molar-refractivity contribution in [2.45, 2.75) is 31.6 Å². The summed E-state index contributed by atoms with van der Waals surface area (Å²) in [5.41, 5.74) is 10.2. The number of aliphatic hydroxyl groups is 1. The van der Waals surface area contributed by atoms with Gasteiger partial charge in [0.1, 0.15) is 6.61 Å². The van der Waals surface area contributed by atoms with E-state index in [1.54, 1.807) is 0 Å². The van der Waals surface area contributed by atoms with Crippen LogP contribution in [0.5, 0.6) is 0 Å². The van der Waals surface area contributed by atoms with E-state index < -0.39 is 12.1 Å². The van der Waals surface area contributed by atoms with Crippen LogP contribution in [0.4, 0.5) is 0 Å². The molecule has 0 saturated heterocycles. The molecule has 0 aliphatic rings. The molecule has 0 aromatic heterocycles. The normalized spacial score (nSPS) is 12.9. The highest BCUT2D eigenvalue weighted by Gasteiger charge is 2.20. The average molecular weight is 410 g/mol. The van der Waals surface area contributed by atoms with Crippen LogP contribution in [-0.2, 0) is 22.6 Å². The fraction of sp³-hybridized carbons (Fsp3) is 0.208. The Morgan fingerprint density at radius 1 is 0.931 bits per heavy atom. The molecule has 150 valence electrons. The van der Waals surface area contributed by atoms with Gasteiger partial charge in [0.05, 0.1) is 0 Å². The highest BCUT2D eigenvalue weighted by molar-refractivity contribution is 6.30. The third-order valence-corrected chi connectivity index (χ3v) is 4.87. The third-order valence-electron chi connectivity index (χ3n) is 4.63. The summed E-state index contributed by atoms with van der Waals surface area (Å²) in [5.74, 6) is -0.652. The first-order valence-electron chi connectivity index (χ1n) is 9.50. The van der Waals surface area contributed by atoms with Crippen LogP contribution in [0.15, 0.2) is 78.9 Å². The van der Waals surface area contributed by atoms with Gasteiger partial charge in [-0.15, -0.1) is 0 Å². The summed E-state index contributed by atoms with van der Waals surface area (Å²) in [6.07, 6.45) is -0.540. The molecule has 0 bridgehead atoms. The maximum atomic E-state index is 12.0. The van der Waals surface area contributed by atoms with Gasteiger partial charge in [0.15, 0.2) is 6.10 Å². The van der Waals surface area contributed by atoms with E-state index in [2.05, 4.69) is 0 Å². The van der Waals surface area contributed by atoms with E-state index in [-0.39, 0.29) is 19.1 Å². The van der Waals surface area contributed by atoms with Crippen molar-refractivity contribution in [1.29, 1.82) is 0 Å². The van der Waals surface area contributed by atoms with Crippen LogP contribution in [0.25, 0.3) is 11.1 Å². The standard InChI is InChI=1S/C24H24ClNO3/c25-21-8-4-7-20(14-21)19-11-9-17(10-12-19)13-22(26)15-23(27)24(28)29-16-18-5-2-1-3-6-18/h1-12,14,22-23,27H,13,15-16,26H2/t22-,23?/m1/s1. The number of hydrogen-bond acceptors (Lipinski definition) is 4. The maximum absolute atomic E-state index is 12.0. The summed E-state index contributed by atoms with van der Waals surface area (Å²) in [6, 6.07) is 24.7. The lowest BCUT2D eigenvalue weighted by Gasteiger charge is -2.16. The molecule has 5 heteroatoms. The first-order chi connectivity index (χ1) is 14.0. The predicted molar refractivity (Wildman–Crippen MR) is 115 cm³/mol. The Labute approximate surface area is 175 Å². The maximum Gasteiger partial charge on any atom is 0.335 e. The number of ether oxygens (including phenoxy) is 1. The van der Waals surface area contributed by atoms with E-state index in [0.717, 1.165) is 22.3 Å². The van der Waals surface area contributed by atoms with Crippen LogP contribution in [0, 0.1) is 0 Å². The van der Waals surface area contributed by atoms with Crippen LogP contribution in [-0.4, -0.2) is 23.2 Å². The van der Waals surface area contributed by atoms with Gasteiger partial charge in [0, 0.05) is 11.1 Å². The van der Waals surface area contributed by atoms with Crippen molar-refractivity contribution in [3.05, 3.63) is 95.0 Å². The topological polar surface area (TPSA) is 72.5 Å². The molecule has 3 rings (SSSR count). The minimum absolute atomic E-state index is 0.136. The number of benzene rings is 3. The molecule has 2 atom stereocenters. The van der Waals surface area contributed by atoms with E-state index in [1.807, 2.05) is 78.9 Å². The summed E-state index contributed by atoms with van der Waals surface area (Å²) >= 11 is 6.05. The predicted octanol–water partition coefficient (Wildman–Crippen LogP) is 4.37. The van der Waals surface area contributed by atoms with Crippen LogP contribution in [0.2, 0.25) is 5.02 Å². The minimum Gasteiger partial charge on any atom is -0.459 e. The summed E-state index contributed by atoms with van der Waals surface area (Å²) in [5, 5.41) is 10.8. The molecular weight excluding hydrogens is 386 g/mol. The van der Waals surface area contributed by atoms with E-state index in [9.17, 15) is 9.90 Å². The number of rotatable bonds is 8. The quantitative estimate of drug-likeness (QED) is 0.542. The lowest BCUT2D eigenvalue weighted by atomic mass is 9.98. The Balaban J connectivity index is 1.49. The van der Waals surface area contributed by atoms with Gasteiger partial charge >= 0.3 is 5.97 Å². The molecule has 29 heavy (non-hydrogen) atoms. The number of hydrogen-bond donors (Lipinski definition) is 2. The number of esters is 1.